The monoisotopic (exact) mass is 313 g/mol. The summed E-state index contributed by atoms with van der Waals surface area (Å²) in [6.45, 7) is 7.20. The van der Waals surface area contributed by atoms with Gasteiger partial charge in [0.15, 0.2) is 0 Å². The Hall–Kier alpha value is -2.63. The van der Waals surface area contributed by atoms with Gasteiger partial charge in [0.25, 0.3) is 0 Å². The molecule has 0 N–H and O–H groups in total. The first-order chi connectivity index (χ1) is 11.1. The fraction of sp³-hybridized carbons (Fsp3) is 0.353. The van der Waals surface area contributed by atoms with Crippen molar-refractivity contribution in [2.75, 3.05) is 6.61 Å². The second-order valence-corrected chi connectivity index (χ2v) is 5.24. The number of pyridine rings is 1. The summed E-state index contributed by atoms with van der Waals surface area (Å²) < 4.78 is 8.72. The normalized spacial score (nSPS) is 11.3. The molecule has 0 saturated heterocycles. The zero-order chi connectivity index (χ0) is 16.6. The van der Waals surface area contributed by atoms with Crippen LogP contribution in [0.4, 0.5) is 0 Å². The summed E-state index contributed by atoms with van der Waals surface area (Å²) in [6.07, 6.45) is 3.33. The molecule has 2 heterocycles. The number of nitrogens with zero attached hydrogens (tertiary/aromatic N) is 3. The molecule has 0 radical (unpaired) electrons. The van der Waals surface area contributed by atoms with E-state index in [1.807, 2.05) is 30.5 Å². The molecular formula is C17H19N3O3. The van der Waals surface area contributed by atoms with Gasteiger partial charge in [-0.25, -0.2) is 4.79 Å². The van der Waals surface area contributed by atoms with Crippen molar-refractivity contribution in [1.82, 2.24) is 14.3 Å². The molecule has 0 unspecified atom stereocenters. The average Bonchev–Trinajstić information content (AvgIpc) is 2.98. The van der Waals surface area contributed by atoms with Crippen LogP contribution in [0.2, 0.25) is 0 Å². The van der Waals surface area contributed by atoms with Gasteiger partial charge in [-0.05, 0) is 32.9 Å². The molecule has 120 valence electrons. The molecule has 1 aromatic carbocycles. The van der Waals surface area contributed by atoms with E-state index in [0.29, 0.717) is 18.5 Å². The van der Waals surface area contributed by atoms with Crippen LogP contribution in [0.15, 0.2) is 29.3 Å². The Balaban J connectivity index is 2.48. The third-order valence-electron chi connectivity index (χ3n) is 3.98. The minimum absolute atomic E-state index is 0.0672. The van der Waals surface area contributed by atoms with Gasteiger partial charge in [-0.2, -0.15) is 5.10 Å². The first-order valence-electron chi connectivity index (χ1n) is 7.81. The van der Waals surface area contributed by atoms with Gasteiger partial charge in [0.1, 0.15) is 5.56 Å². The lowest BCUT2D eigenvalue weighted by Crippen LogP contribution is -2.21. The zero-order valence-corrected chi connectivity index (χ0v) is 13.5. The van der Waals surface area contributed by atoms with E-state index in [1.165, 1.54) is 0 Å². The maximum absolute atomic E-state index is 12.9. The highest BCUT2D eigenvalue weighted by Crippen LogP contribution is 2.23. The summed E-state index contributed by atoms with van der Waals surface area (Å²) in [6, 6.07) is 3.85. The minimum Gasteiger partial charge on any atom is -0.462 e. The topological polar surface area (TPSA) is 66.1 Å². The molecule has 3 rings (SSSR count). The van der Waals surface area contributed by atoms with Crippen LogP contribution in [0, 0.1) is 0 Å². The number of hydrogen-bond acceptors (Lipinski definition) is 4. The predicted molar refractivity (Wildman–Crippen MR) is 88.8 cm³/mol. The SMILES string of the molecule is CCOC(=O)c1cn(CC)c2ccc3cnn(CC)c3c2c1=O. The lowest BCUT2D eigenvalue weighted by molar-refractivity contribution is 0.0524. The van der Waals surface area contributed by atoms with Crippen LogP contribution in [-0.4, -0.2) is 26.9 Å². The first kappa shape index (κ1) is 15.3. The number of esters is 1. The van der Waals surface area contributed by atoms with Crippen LogP contribution < -0.4 is 5.43 Å². The number of aromatic nitrogens is 3. The van der Waals surface area contributed by atoms with E-state index >= 15 is 0 Å². The molecule has 0 spiro atoms. The Morgan fingerprint density at radius 3 is 2.65 bits per heavy atom. The second kappa shape index (κ2) is 5.87. The molecule has 6 nitrogen and oxygen atoms in total. The summed E-state index contributed by atoms with van der Waals surface area (Å²) in [4.78, 5) is 25.1. The van der Waals surface area contributed by atoms with E-state index < -0.39 is 5.97 Å². The summed E-state index contributed by atoms with van der Waals surface area (Å²) >= 11 is 0. The molecule has 23 heavy (non-hydrogen) atoms. The Kier molecular flexibility index (Phi) is 3.90. The van der Waals surface area contributed by atoms with Crippen LogP contribution >= 0.6 is 0 Å². The molecule has 0 aliphatic carbocycles. The highest BCUT2D eigenvalue weighted by molar-refractivity contribution is 6.06. The number of carbonyl (C=O) groups excluding carboxylic acids is 1. The fourth-order valence-corrected chi connectivity index (χ4v) is 2.91. The number of fused-ring (bicyclic) bond motifs is 3. The fourth-order valence-electron chi connectivity index (χ4n) is 2.91. The van der Waals surface area contributed by atoms with E-state index in [4.69, 9.17) is 4.74 Å². The van der Waals surface area contributed by atoms with Crippen molar-refractivity contribution < 1.29 is 9.53 Å². The van der Waals surface area contributed by atoms with E-state index in [-0.39, 0.29) is 17.6 Å². The van der Waals surface area contributed by atoms with Crippen molar-refractivity contribution >= 4 is 27.8 Å². The van der Waals surface area contributed by atoms with Crippen molar-refractivity contribution in [2.24, 2.45) is 0 Å². The Morgan fingerprint density at radius 2 is 2.00 bits per heavy atom. The van der Waals surface area contributed by atoms with E-state index in [9.17, 15) is 9.59 Å². The number of carbonyl (C=O) groups is 1. The predicted octanol–water partition coefficient (Wildman–Crippen LogP) is 2.57. The third-order valence-corrected chi connectivity index (χ3v) is 3.98. The van der Waals surface area contributed by atoms with Crippen LogP contribution in [0.5, 0.6) is 0 Å². The minimum atomic E-state index is -0.582. The largest absolute Gasteiger partial charge is 0.462 e. The Labute approximate surface area is 133 Å². The molecule has 0 aliphatic heterocycles. The molecule has 0 fully saturated rings. The molecule has 2 aromatic heterocycles. The number of rotatable bonds is 4. The van der Waals surface area contributed by atoms with Crippen molar-refractivity contribution in [1.29, 1.82) is 0 Å². The Bertz CT molecular complexity index is 953. The molecule has 3 aromatic rings. The quantitative estimate of drug-likeness (QED) is 0.694. The van der Waals surface area contributed by atoms with Gasteiger partial charge in [-0.15, -0.1) is 0 Å². The smallest absolute Gasteiger partial charge is 0.343 e. The van der Waals surface area contributed by atoms with Gasteiger partial charge < -0.3 is 9.30 Å². The molecule has 0 bridgehead atoms. The van der Waals surface area contributed by atoms with Crippen LogP contribution in [-0.2, 0) is 17.8 Å². The third kappa shape index (κ3) is 2.30. The maximum atomic E-state index is 12.9. The van der Waals surface area contributed by atoms with Crippen molar-refractivity contribution in [3.05, 3.63) is 40.3 Å². The first-order valence-corrected chi connectivity index (χ1v) is 7.81. The number of benzene rings is 1. The van der Waals surface area contributed by atoms with Gasteiger partial charge in [0.05, 0.1) is 29.2 Å². The van der Waals surface area contributed by atoms with E-state index in [0.717, 1.165) is 16.4 Å². The van der Waals surface area contributed by atoms with Gasteiger partial charge in [-0.1, -0.05) is 0 Å². The zero-order valence-electron chi connectivity index (χ0n) is 13.5. The number of hydrogen-bond donors (Lipinski definition) is 0. The van der Waals surface area contributed by atoms with Gasteiger partial charge >= 0.3 is 5.97 Å². The summed E-state index contributed by atoms with van der Waals surface area (Å²) in [7, 11) is 0. The lowest BCUT2D eigenvalue weighted by Gasteiger charge is -2.12. The molecule has 6 heteroatoms. The van der Waals surface area contributed by atoms with Gasteiger partial charge in [0, 0.05) is 24.7 Å². The van der Waals surface area contributed by atoms with Crippen molar-refractivity contribution in [3.63, 3.8) is 0 Å². The summed E-state index contributed by atoms with van der Waals surface area (Å²) in [5.74, 6) is -0.582. The number of ether oxygens (including phenoxy) is 1. The van der Waals surface area contributed by atoms with E-state index in [1.54, 1.807) is 24.0 Å². The van der Waals surface area contributed by atoms with Gasteiger partial charge in [-0.3, -0.25) is 9.48 Å². The standard InChI is InChI=1S/C17H19N3O3/c1-4-19-10-12(17(22)23-6-3)16(21)14-13(19)8-7-11-9-18-20(5-2)15(11)14/h7-10H,4-6H2,1-3H3. The highest BCUT2D eigenvalue weighted by Gasteiger charge is 2.19. The highest BCUT2D eigenvalue weighted by atomic mass is 16.5. The lowest BCUT2D eigenvalue weighted by atomic mass is 10.1. The van der Waals surface area contributed by atoms with Gasteiger partial charge in [0.2, 0.25) is 5.43 Å². The number of aryl methyl sites for hydroxylation is 2. The van der Waals surface area contributed by atoms with Crippen molar-refractivity contribution in [3.8, 4) is 0 Å². The molecule has 0 amide bonds. The molecule has 0 atom stereocenters. The Morgan fingerprint density at radius 1 is 1.22 bits per heavy atom. The van der Waals surface area contributed by atoms with Crippen LogP contribution in [0.1, 0.15) is 31.1 Å². The van der Waals surface area contributed by atoms with Crippen LogP contribution in [0.25, 0.3) is 21.8 Å². The molecule has 0 aliphatic rings. The van der Waals surface area contributed by atoms with E-state index in [2.05, 4.69) is 5.10 Å². The summed E-state index contributed by atoms with van der Waals surface area (Å²) in [5, 5.41) is 5.74. The average molecular weight is 313 g/mol. The summed E-state index contributed by atoms with van der Waals surface area (Å²) in [5.41, 5.74) is 1.33. The molecular weight excluding hydrogens is 294 g/mol. The maximum Gasteiger partial charge on any atom is 0.343 e. The second-order valence-electron chi connectivity index (χ2n) is 5.24. The van der Waals surface area contributed by atoms with Crippen molar-refractivity contribution in [2.45, 2.75) is 33.9 Å². The van der Waals surface area contributed by atoms with Crippen LogP contribution in [0.3, 0.4) is 0 Å². The molecule has 0 saturated carbocycles.